The Morgan fingerprint density at radius 2 is 1.67 bits per heavy atom. The number of aromatic carboxylic acids is 1. The van der Waals surface area contributed by atoms with E-state index in [1.807, 2.05) is 7.05 Å². The van der Waals surface area contributed by atoms with E-state index < -0.39 is 11.9 Å². The number of hydrogen-bond donors (Lipinski definition) is 4. The van der Waals surface area contributed by atoms with Gasteiger partial charge in [0.15, 0.2) is 11.5 Å². The maximum atomic E-state index is 13.0. The lowest BCUT2D eigenvalue weighted by atomic mass is 10.1. The lowest BCUT2D eigenvalue weighted by molar-refractivity contribution is 0.0377. The number of aromatic nitrogens is 2. The van der Waals surface area contributed by atoms with Crippen LogP contribution in [0.3, 0.4) is 0 Å². The second-order valence-corrected chi connectivity index (χ2v) is 7.50. The van der Waals surface area contributed by atoms with Gasteiger partial charge in [-0.15, -0.1) is 0 Å². The van der Waals surface area contributed by atoms with Crippen LogP contribution in [0.5, 0.6) is 5.75 Å². The van der Waals surface area contributed by atoms with Gasteiger partial charge in [0.05, 0.1) is 49.6 Å². The van der Waals surface area contributed by atoms with Crippen molar-refractivity contribution in [2.24, 2.45) is 0 Å². The number of carboxylic acids is 1. The number of carbonyl (C=O) groups is 2. The van der Waals surface area contributed by atoms with Crippen molar-refractivity contribution in [2.75, 3.05) is 57.7 Å². The van der Waals surface area contributed by atoms with E-state index >= 15 is 0 Å². The minimum absolute atomic E-state index is 0.0397. The number of nitrogens with zero attached hydrogens (tertiary/aromatic N) is 2. The van der Waals surface area contributed by atoms with Crippen LogP contribution in [0.15, 0.2) is 54.7 Å². The average Bonchev–Trinajstić information content (AvgIpc) is 2.89. The first-order chi connectivity index (χ1) is 17.5. The van der Waals surface area contributed by atoms with Crippen LogP contribution in [0.2, 0.25) is 0 Å². The van der Waals surface area contributed by atoms with Gasteiger partial charge in [-0.25, -0.2) is 14.8 Å². The van der Waals surface area contributed by atoms with E-state index in [2.05, 4.69) is 20.6 Å². The van der Waals surface area contributed by atoms with E-state index in [-0.39, 0.29) is 23.7 Å². The van der Waals surface area contributed by atoms with Crippen LogP contribution >= 0.6 is 0 Å². The van der Waals surface area contributed by atoms with Crippen molar-refractivity contribution in [3.05, 3.63) is 66.0 Å². The van der Waals surface area contributed by atoms with Gasteiger partial charge >= 0.3 is 5.97 Å². The van der Waals surface area contributed by atoms with Gasteiger partial charge in [-0.05, 0) is 31.3 Å². The summed E-state index contributed by atoms with van der Waals surface area (Å²) >= 11 is 0. The summed E-state index contributed by atoms with van der Waals surface area (Å²) in [5.41, 5.74) is 7.40. The van der Waals surface area contributed by atoms with E-state index in [0.29, 0.717) is 49.1 Å². The fourth-order valence-corrected chi connectivity index (χ4v) is 3.07. The maximum Gasteiger partial charge on any atom is 0.335 e. The molecule has 5 N–H and O–H groups in total. The molecule has 1 heterocycles. The SMILES string of the molecule is CNCCOCCOCCOc1ccccc1NC(=O)c1nc(-c2ccc(C(=O)O)cc2)cnc1N. The van der Waals surface area contributed by atoms with Crippen molar-refractivity contribution >= 4 is 23.4 Å². The van der Waals surface area contributed by atoms with Gasteiger partial charge in [-0.1, -0.05) is 24.3 Å². The zero-order valence-corrected chi connectivity index (χ0v) is 19.9. The van der Waals surface area contributed by atoms with Gasteiger partial charge in [-0.2, -0.15) is 0 Å². The summed E-state index contributed by atoms with van der Waals surface area (Å²) in [7, 11) is 1.86. The fraction of sp³-hybridized carbons (Fsp3) is 0.280. The lowest BCUT2D eigenvalue weighted by Crippen LogP contribution is -2.18. The molecule has 11 nitrogen and oxygen atoms in total. The molecule has 2 aromatic carbocycles. The molecule has 0 aliphatic heterocycles. The van der Waals surface area contributed by atoms with E-state index in [1.54, 1.807) is 36.4 Å². The number of carboxylic acid groups (broad SMARTS) is 1. The summed E-state index contributed by atoms with van der Waals surface area (Å²) in [6, 6.07) is 13.0. The van der Waals surface area contributed by atoms with Gasteiger partial charge in [-0.3, -0.25) is 4.79 Å². The van der Waals surface area contributed by atoms with E-state index in [9.17, 15) is 9.59 Å². The highest BCUT2D eigenvalue weighted by Gasteiger charge is 2.17. The highest BCUT2D eigenvalue weighted by atomic mass is 16.5. The number of carbonyl (C=O) groups excluding carboxylic acids is 1. The van der Waals surface area contributed by atoms with Crippen LogP contribution in [0.25, 0.3) is 11.3 Å². The Labute approximate surface area is 208 Å². The Morgan fingerprint density at radius 1 is 0.972 bits per heavy atom. The number of rotatable bonds is 14. The Kier molecular flexibility index (Phi) is 10.1. The molecule has 3 aromatic rings. The zero-order chi connectivity index (χ0) is 25.8. The van der Waals surface area contributed by atoms with Crippen molar-refractivity contribution in [1.29, 1.82) is 0 Å². The molecule has 0 atom stereocenters. The molecule has 11 heteroatoms. The molecule has 0 aliphatic rings. The third kappa shape index (κ3) is 7.73. The van der Waals surface area contributed by atoms with Crippen LogP contribution in [0.1, 0.15) is 20.8 Å². The van der Waals surface area contributed by atoms with Crippen LogP contribution in [-0.2, 0) is 9.47 Å². The molecular formula is C25H29N5O6. The van der Waals surface area contributed by atoms with Gasteiger partial charge in [0.2, 0.25) is 0 Å². The molecule has 36 heavy (non-hydrogen) atoms. The zero-order valence-electron chi connectivity index (χ0n) is 19.9. The molecule has 0 saturated heterocycles. The predicted molar refractivity (Wildman–Crippen MR) is 134 cm³/mol. The van der Waals surface area contributed by atoms with Crippen molar-refractivity contribution in [1.82, 2.24) is 15.3 Å². The summed E-state index contributed by atoms with van der Waals surface area (Å²) in [6.45, 7) is 3.01. The highest BCUT2D eigenvalue weighted by Crippen LogP contribution is 2.25. The molecule has 0 fully saturated rings. The van der Waals surface area contributed by atoms with Crippen molar-refractivity contribution in [3.63, 3.8) is 0 Å². The number of benzene rings is 2. The number of ether oxygens (including phenoxy) is 3. The second kappa shape index (κ2) is 13.7. The van der Waals surface area contributed by atoms with Gasteiger partial charge in [0, 0.05) is 12.1 Å². The molecule has 190 valence electrons. The summed E-state index contributed by atoms with van der Waals surface area (Å²) in [5.74, 6) is -1.17. The number of nitrogens with one attached hydrogen (secondary N) is 2. The normalized spacial score (nSPS) is 10.7. The van der Waals surface area contributed by atoms with Crippen LogP contribution in [0, 0.1) is 0 Å². The molecule has 0 bridgehead atoms. The molecule has 0 aliphatic carbocycles. The van der Waals surface area contributed by atoms with Crippen molar-refractivity contribution in [3.8, 4) is 17.0 Å². The Balaban J connectivity index is 1.59. The van der Waals surface area contributed by atoms with Crippen molar-refractivity contribution < 1.29 is 28.9 Å². The average molecular weight is 496 g/mol. The van der Waals surface area contributed by atoms with Crippen LogP contribution < -0.4 is 21.1 Å². The largest absolute Gasteiger partial charge is 0.489 e. The first-order valence-electron chi connectivity index (χ1n) is 11.3. The molecule has 1 aromatic heterocycles. The molecule has 0 spiro atoms. The van der Waals surface area contributed by atoms with Crippen molar-refractivity contribution in [2.45, 2.75) is 0 Å². The summed E-state index contributed by atoms with van der Waals surface area (Å²) in [5, 5.41) is 14.8. The third-order valence-electron chi connectivity index (χ3n) is 4.93. The Morgan fingerprint density at radius 3 is 2.39 bits per heavy atom. The fourth-order valence-electron chi connectivity index (χ4n) is 3.07. The number of anilines is 2. The number of nitrogen functional groups attached to an aromatic ring is 1. The predicted octanol–water partition coefficient (Wildman–Crippen LogP) is 2.31. The van der Waals surface area contributed by atoms with Gasteiger partial charge in [0.25, 0.3) is 5.91 Å². The van der Waals surface area contributed by atoms with E-state index in [4.69, 9.17) is 25.1 Å². The van der Waals surface area contributed by atoms with Gasteiger partial charge < -0.3 is 35.7 Å². The van der Waals surface area contributed by atoms with Crippen LogP contribution in [-0.4, -0.2) is 73.6 Å². The number of hydrogen-bond acceptors (Lipinski definition) is 9. The Hall–Kier alpha value is -4.06. The topological polar surface area (TPSA) is 158 Å². The highest BCUT2D eigenvalue weighted by molar-refractivity contribution is 6.06. The standard InChI is InChI=1S/C25H29N5O6/c1-27-10-11-34-12-13-35-14-15-36-21-5-3-2-4-19(21)30-24(31)22-23(26)28-16-20(29-22)17-6-8-18(9-7-17)25(32)33/h2-9,16,27H,10-15H2,1H3,(H2,26,28)(H,30,31)(H,32,33). The lowest BCUT2D eigenvalue weighted by Gasteiger charge is -2.13. The Bertz CT molecular complexity index is 1160. The van der Waals surface area contributed by atoms with E-state index in [1.165, 1.54) is 18.3 Å². The minimum atomic E-state index is -1.04. The summed E-state index contributed by atoms with van der Waals surface area (Å²) in [6.07, 6.45) is 1.42. The number of likely N-dealkylation sites (N-methyl/N-ethyl adjacent to an activating group) is 1. The minimum Gasteiger partial charge on any atom is -0.489 e. The molecule has 0 saturated carbocycles. The second-order valence-electron chi connectivity index (χ2n) is 7.50. The van der Waals surface area contributed by atoms with Crippen LogP contribution in [0.4, 0.5) is 11.5 Å². The first-order valence-corrected chi connectivity index (χ1v) is 11.3. The molecule has 0 radical (unpaired) electrons. The summed E-state index contributed by atoms with van der Waals surface area (Å²) < 4.78 is 16.6. The monoisotopic (exact) mass is 495 g/mol. The summed E-state index contributed by atoms with van der Waals surface area (Å²) in [4.78, 5) is 32.5. The van der Waals surface area contributed by atoms with Gasteiger partial charge in [0.1, 0.15) is 12.4 Å². The first kappa shape index (κ1) is 26.5. The number of amides is 1. The quantitative estimate of drug-likeness (QED) is 0.245. The molecule has 1 amide bonds. The maximum absolute atomic E-state index is 13.0. The third-order valence-corrected chi connectivity index (χ3v) is 4.93. The molecule has 0 unspecified atom stereocenters. The molecular weight excluding hydrogens is 466 g/mol. The number of para-hydroxylation sites is 2. The molecule has 3 rings (SSSR count). The smallest absolute Gasteiger partial charge is 0.335 e. The van der Waals surface area contributed by atoms with E-state index in [0.717, 1.165) is 6.54 Å². The number of nitrogens with two attached hydrogens (primary N) is 1.